The van der Waals surface area contributed by atoms with E-state index in [1.54, 1.807) is 0 Å². The predicted octanol–water partition coefficient (Wildman–Crippen LogP) is 3.25. The van der Waals surface area contributed by atoms with Crippen molar-refractivity contribution in [1.29, 1.82) is 0 Å². The molecule has 1 unspecified atom stereocenters. The van der Waals surface area contributed by atoms with Crippen molar-refractivity contribution in [3.05, 3.63) is 64.3 Å². The number of nitrogens with zero attached hydrogens (tertiary/aromatic N) is 4. The summed E-state index contributed by atoms with van der Waals surface area (Å²) in [6.45, 7) is 5.91. The van der Waals surface area contributed by atoms with Crippen LogP contribution in [0.4, 0.5) is 0 Å². The van der Waals surface area contributed by atoms with Crippen LogP contribution in [0.5, 0.6) is 0 Å². The van der Waals surface area contributed by atoms with Gasteiger partial charge in [-0.15, -0.1) is 0 Å². The molecule has 1 fully saturated rings. The Morgan fingerprint density at radius 2 is 2.07 bits per heavy atom. The first kappa shape index (κ1) is 17.1. The van der Waals surface area contributed by atoms with Crippen LogP contribution in [0.25, 0.3) is 27.7 Å². The first-order valence-corrected chi connectivity index (χ1v) is 9.80. The van der Waals surface area contributed by atoms with Crippen LogP contribution >= 0.6 is 0 Å². The van der Waals surface area contributed by atoms with E-state index >= 15 is 0 Å². The van der Waals surface area contributed by atoms with Gasteiger partial charge in [-0.25, -0.2) is 9.50 Å². The molecule has 142 valence electrons. The summed E-state index contributed by atoms with van der Waals surface area (Å²) >= 11 is 0. The van der Waals surface area contributed by atoms with Gasteiger partial charge >= 0.3 is 0 Å². The van der Waals surface area contributed by atoms with Gasteiger partial charge in [-0.1, -0.05) is 6.07 Å². The number of aromatic nitrogens is 4. The molecule has 4 heterocycles. The van der Waals surface area contributed by atoms with Gasteiger partial charge in [0.15, 0.2) is 5.65 Å². The third kappa shape index (κ3) is 2.81. The molecule has 0 amide bonds. The zero-order valence-corrected chi connectivity index (χ0v) is 16.1. The number of imidazole rings is 1. The highest BCUT2D eigenvalue weighted by atomic mass is 16.1. The van der Waals surface area contributed by atoms with E-state index in [4.69, 9.17) is 5.10 Å². The third-order valence-corrected chi connectivity index (χ3v) is 5.62. The van der Waals surface area contributed by atoms with E-state index in [9.17, 15) is 4.79 Å². The summed E-state index contributed by atoms with van der Waals surface area (Å²) in [7, 11) is 0. The van der Waals surface area contributed by atoms with Gasteiger partial charge in [0.25, 0.3) is 5.56 Å². The van der Waals surface area contributed by atoms with E-state index in [-0.39, 0.29) is 11.6 Å². The van der Waals surface area contributed by atoms with Gasteiger partial charge in [-0.3, -0.25) is 4.79 Å². The largest absolute Gasteiger partial charge is 0.315 e. The van der Waals surface area contributed by atoms with Crippen molar-refractivity contribution in [2.45, 2.75) is 32.7 Å². The Hall–Kier alpha value is -2.99. The highest BCUT2D eigenvalue weighted by Gasteiger charge is 2.17. The molecule has 1 aromatic carbocycles. The monoisotopic (exact) mass is 373 g/mol. The Kier molecular flexibility index (Phi) is 4.02. The van der Waals surface area contributed by atoms with Gasteiger partial charge in [0, 0.05) is 29.7 Å². The maximum absolute atomic E-state index is 13.0. The average molecular weight is 373 g/mol. The molecule has 3 aromatic heterocycles. The molecule has 1 aliphatic heterocycles. The number of aryl methyl sites for hydroxylation is 2. The van der Waals surface area contributed by atoms with Crippen LogP contribution in [0, 0.1) is 13.8 Å². The minimum absolute atomic E-state index is 0.0857. The maximum atomic E-state index is 13.0. The molecule has 1 saturated heterocycles. The van der Waals surface area contributed by atoms with Gasteiger partial charge in [-0.2, -0.15) is 5.10 Å². The number of hydrogen-bond acceptors (Lipinski definition) is 4. The van der Waals surface area contributed by atoms with Crippen LogP contribution in [0.2, 0.25) is 0 Å². The topological polar surface area (TPSA) is 64.2 Å². The van der Waals surface area contributed by atoms with E-state index in [0.717, 1.165) is 64.9 Å². The van der Waals surface area contributed by atoms with Crippen molar-refractivity contribution in [2.24, 2.45) is 0 Å². The highest BCUT2D eigenvalue weighted by molar-refractivity contribution is 5.86. The van der Waals surface area contributed by atoms with Crippen molar-refractivity contribution in [3.8, 4) is 11.3 Å². The molecule has 28 heavy (non-hydrogen) atoms. The summed E-state index contributed by atoms with van der Waals surface area (Å²) < 4.78 is 3.72. The number of pyridine rings is 1. The lowest BCUT2D eigenvalue weighted by atomic mass is 10.0. The van der Waals surface area contributed by atoms with Crippen LogP contribution in [0.1, 0.15) is 30.1 Å². The van der Waals surface area contributed by atoms with E-state index in [2.05, 4.69) is 22.4 Å². The fourth-order valence-electron chi connectivity index (χ4n) is 4.17. The van der Waals surface area contributed by atoms with Crippen molar-refractivity contribution < 1.29 is 0 Å². The van der Waals surface area contributed by atoms with E-state index in [1.807, 2.05) is 53.5 Å². The van der Waals surface area contributed by atoms with Crippen molar-refractivity contribution >= 4 is 16.4 Å². The van der Waals surface area contributed by atoms with Crippen LogP contribution in [0.15, 0.2) is 47.5 Å². The normalized spacial score (nSPS) is 17.4. The van der Waals surface area contributed by atoms with Crippen LogP contribution in [-0.4, -0.2) is 32.3 Å². The molecule has 0 radical (unpaired) electrons. The van der Waals surface area contributed by atoms with Gasteiger partial charge in [0.05, 0.1) is 17.6 Å². The fraction of sp³-hybridized carbons (Fsp3) is 0.318. The number of rotatable bonds is 2. The van der Waals surface area contributed by atoms with Crippen LogP contribution < -0.4 is 10.9 Å². The summed E-state index contributed by atoms with van der Waals surface area (Å²) in [5.41, 5.74) is 4.88. The van der Waals surface area contributed by atoms with Gasteiger partial charge < -0.3 is 9.88 Å². The second-order valence-electron chi connectivity index (χ2n) is 7.69. The number of fused-ring (bicyclic) bond motifs is 2. The van der Waals surface area contributed by atoms with E-state index < -0.39 is 0 Å². The quantitative estimate of drug-likeness (QED) is 0.586. The predicted molar refractivity (Wildman–Crippen MR) is 111 cm³/mol. The molecule has 0 aliphatic carbocycles. The molecular formula is C22H23N5O. The summed E-state index contributed by atoms with van der Waals surface area (Å²) in [5, 5.41) is 9.80. The molecule has 6 nitrogen and oxygen atoms in total. The lowest BCUT2D eigenvalue weighted by Crippen LogP contribution is -2.36. The molecule has 4 aromatic rings. The van der Waals surface area contributed by atoms with Crippen molar-refractivity contribution in [1.82, 2.24) is 24.5 Å². The Labute approximate surface area is 162 Å². The summed E-state index contributed by atoms with van der Waals surface area (Å²) in [6, 6.07) is 10.3. The molecule has 0 spiro atoms. The maximum Gasteiger partial charge on any atom is 0.258 e. The fourth-order valence-corrected chi connectivity index (χ4v) is 4.17. The van der Waals surface area contributed by atoms with Gasteiger partial charge in [-0.05, 0) is 68.4 Å². The highest BCUT2D eigenvalue weighted by Crippen LogP contribution is 2.24. The number of piperidine rings is 1. The number of hydrogen-bond donors (Lipinski definition) is 1. The Bertz CT molecular complexity index is 1250. The SMILES string of the molecule is Cc1cn2nc(-c3ccc4c(=O)n(C5CCCNC5)ccc4c3)cc(C)c2n1. The van der Waals surface area contributed by atoms with Gasteiger partial charge in [0.1, 0.15) is 0 Å². The van der Waals surface area contributed by atoms with E-state index in [1.165, 1.54) is 0 Å². The first-order valence-electron chi connectivity index (χ1n) is 9.80. The minimum Gasteiger partial charge on any atom is -0.315 e. The molecule has 6 heteroatoms. The Morgan fingerprint density at radius 1 is 1.18 bits per heavy atom. The standard InChI is InChI=1S/C22H23N5O/c1-14-10-20(25-27-13-15(2)24-21(14)27)17-5-6-19-16(11-17)7-9-26(22(19)28)18-4-3-8-23-12-18/h5-7,9-11,13,18,23H,3-4,8,12H2,1-2H3. The lowest BCUT2D eigenvalue weighted by Gasteiger charge is -2.25. The van der Waals surface area contributed by atoms with Gasteiger partial charge in [0.2, 0.25) is 0 Å². The van der Waals surface area contributed by atoms with E-state index in [0.29, 0.717) is 0 Å². The second kappa shape index (κ2) is 6.56. The van der Waals surface area contributed by atoms with Crippen LogP contribution in [0.3, 0.4) is 0 Å². The smallest absolute Gasteiger partial charge is 0.258 e. The summed E-state index contributed by atoms with van der Waals surface area (Å²) in [5.74, 6) is 0. The number of nitrogens with one attached hydrogen (secondary N) is 1. The van der Waals surface area contributed by atoms with Crippen molar-refractivity contribution in [3.63, 3.8) is 0 Å². The first-order chi connectivity index (χ1) is 13.6. The third-order valence-electron chi connectivity index (χ3n) is 5.62. The molecule has 1 N–H and O–H groups in total. The average Bonchev–Trinajstić information content (AvgIpc) is 3.09. The molecule has 5 rings (SSSR count). The van der Waals surface area contributed by atoms with Crippen molar-refractivity contribution in [2.75, 3.05) is 13.1 Å². The zero-order chi connectivity index (χ0) is 19.3. The molecular weight excluding hydrogens is 350 g/mol. The molecule has 1 atom stereocenters. The summed E-state index contributed by atoms with van der Waals surface area (Å²) in [4.78, 5) is 17.5. The molecule has 0 saturated carbocycles. The lowest BCUT2D eigenvalue weighted by molar-refractivity contribution is 0.365. The minimum atomic E-state index is 0.0857. The second-order valence-corrected chi connectivity index (χ2v) is 7.69. The Balaban J connectivity index is 1.59. The molecule has 1 aliphatic rings. The number of benzene rings is 1. The zero-order valence-electron chi connectivity index (χ0n) is 16.1. The summed E-state index contributed by atoms with van der Waals surface area (Å²) in [6.07, 6.45) is 6.02. The van der Waals surface area contributed by atoms with Crippen LogP contribution in [-0.2, 0) is 0 Å². The Morgan fingerprint density at radius 3 is 2.89 bits per heavy atom. The molecule has 0 bridgehead atoms.